The summed E-state index contributed by atoms with van der Waals surface area (Å²) in [6.45, 7) is 5.53. The van der Waals surface area contributed by atoms with Crippen molar-refractivity contribution in [3.8, 4) is 6.07 Å². The lowest BCUT2D eigenvalue weighted by molar-refractivity contribution is 0.382. The van der Waals surface area contributed by atoms with E-state index < -0.39 is 10.0 Å². The summed E-state index contributed by atoms with van der Waals surface area (Å²) in [5.74, 6) is 0.492. The molecule has 0 aliphatic carbocycles. The van der Waals surface area contributed by atoms with Crippen LogP contribution < -0.4 is 4.90 Å². The van der Waals surface area contributed by atoms with Gasteiger partial charge in [-0.25, -0.2) is 18.4 Å². The van der Waals surface area contributed by atoms with Crippen LogP contribution in [0, 0.1) is 25.2 Å². The molecule has 26 heavy (non-hydrogen) atoms. The van der Waals surface area contributed by atoms with Gasteiger partial charge < -0.3 is 4.90 Å². The van der Waals surface area contributed by atoms with Crippen LogP contribution in [0.2, 0.25) is 0 Å². The van der Waals surface area contributed by atoms with E-state index in [0.717, 1.165) is 16.8 Å². The molecule has 1 saturated heterocycles. The first kappa shape index (κ1) is 18.3. The van der Waals surface area contributed by atoms with E-state index in [0.29, 0.717) is 37.8 Å². The molecular weight excluding hydrogens is 350 g/mol. The van der Waals surface area contributed by atoms with Crippen LogP contribution >= 0.6 is 0 Å². The molecule has 0 N–H and O–H groups in total. The molecule has 1 aromatic heterocycles. The van der Waals surface area contributed by atoms with Gasteiger partial charge in [-0.1, -0.05) is 29.8 Å². The smallest absolute Gasteiger partial charge is 0.226 e. The molecule has 0 saturated carbocycles. The minimum absolute atomic E-state index is 0.00814. The average molecular weight is 371 g/mol. The van der Waals surface area contributed by atoms with Crippen LogP contribution in [0.4, 0.5) is 5.95 Å². The molecule has 0 unspecified atom stereocenters. The molecule has 1 aliphatic rings. The third kappa shape index (κ3) is 4.18. The number of hydrogen-bond acceptors (Lipinski definition) is 6. The second-order valence-corrected chi connectivity index (χ2v) is 8.41. The predicted molar refractivity (Wildman–Crippen MR) is 99.1 cm³/mol. The Labute approximate surface area is 154 Å². The van der Waals surface area contributed by atoms with E-state index in [1.807, 2.05) is 49.1 Å². The van der Waals surface area contributed by atoms with Gasteiger partial charge in [0.05, 0.1) is 5.75 Å². The van der Waals surface area contributed by atoms with Crippen LogP contribution in [0.1, 0.15) is 22.5 Å². The van der Waals surface area contributed by atoms with Crippen molar-refractivity contribution in [2.24, 2.45) is 0 Å². The lowest BCUT2D eigenvalue weighted by atomic mass is 10.2. The van der Waals surface area contributed by atoms with Crippen molar-refractivity contribution in [2.75, 3.05) is 31.1 Å². The van der Waals surface area contributed by atoms with Crippen LogP contribution in [0.3, 0.4) is 0 Å². The maximum atomic E-state index is 12.7. The normalized spacial score (nSPS) is 15.7. The molecule has 7 nitrogen and oxygen atoms in total. The highest BCUT2D eigenvalue weighted by molar-refractivity contribution is 7.88. The van der Waals surface area contributed by atoms with Crippen molar-refractivity contribution < 1.29 is 8.42 Å². The monoisotopic (exact) mass is 371 g/mol. The Kier molecular flexibility index (Phi) is 5.20. The Bertz CT molecular complexity index is 944. The van der Waals surface area contributed by atoms with Gasteiger partial charge in [0.15, 0.2) is 0 Å². The molecule has 136 valence electrons. The topological polar surface area (TPSA) is 90.2 Å². The van der Waals surface area contributed by atoms with Crippen molar-refractivity contribution in [1.29, 1.82) is 5.26 Å². The zero-order valence-corrected chi connectivity index (χ0v) is 15.7. The number of aryl methyl sites for hydroxylation is 2. The van der Waals surface area contributed by atoms with E-state index in [-0.39, 0.29) is 5.75 Å². The second-order valence-electron chi connectivity index (χ2n) is 6.44. The molecule has 8 heteroatoms. The van der Waals surface area contributed by atoms with Crippen molar-refractivity contribution >= 4 is 16.0 Å². The molecule has 2 aromatic rings. The molecule has 1 aliphatic heterocycles. The summed E-state index contributed by atoms with van der Waals surface area (Å²) < 4.78 is 26.9. The number of piperazine rings is 1. The summed E-state index contributed by atoms with van der Waals surface area (Å²) >= 11 is 0. The minimum Gasteiger partial charge on any atom is -0.338 e. The molecule has 0 bridgehead atoms. The van der Waals surface area contributed by atoms with Crippen LogP contribution in [0.5, 0.6) is 0 Å². The van der Waals surface area contributed by atoms with E-state index in [2.05, 4.69) is 9.97 Å². The highest BCUT2D eigenvalue weighted by Crippen LogP contribution is 2.17. The number of benzene rings is 1. The van der Waals surface area contributed by atoms with Gasteiger partial charge in [0.25, 0.3) is 0 Å². The van der Waals surface area contributed by atoms with Gasteiger partial charge in [-0.15, -0.1) is 0 Å². The lowest BCUT2D eigenvalue weighted by Gasteiger charge is -2.34. The van der Waals surface area contributed by atoms with E-state index >= 15 is 0 Å². The minimum atomic E-state index is -3.37. The second kappa shape index (κ2) is 7.40. The fourth-order valence-corrected chi connectivity index (χ4v) is 4.52. The van der Waals surface area contributed by atoms with Crippen LogP contribution in [-0.4, -0.2) is 48.9 Å². The molecule has 0 atom stereocenters. The zero-order valence-electron chi connectivity index (χ0n) is 14.9. The summed E-state index contributed by atoms with van der Waals surface area (Å²) in [5, 5.41) is 9.05. The summed E-state index contributed by atoms with van der Waals surface area (Å²) in [5.41, 5.74) is 2.89. The standard InChI is InChI=1S/C18H21N5O2S/c1-14-4-3-5-16(10-14)13-26(24,25)23-8-6-22(7-9-23)18-20-15(2)11-17(12-19)21-18/h3-5,10-11H,6-9,13H2,1-2H3. The predicted octanol–water partition coefficient (Wildman–Crippen LogP) is 1.62. The fraction of sp³-hybridized carbons (Fsp3) is 0.389. The van der Waals surface area contributed by atoms with Gasteiger partial charge in [-0.3, -0.25) is 0 Å². The largest absolute Gasteiger partial charge is 0.338 e. The van der Waals surface area contributed by atoms with Gasteiger partial charge in [-0.2, -0.15) is 9.57 Å². The molecule has 0 amide bonds. The fourth-order valence-electron chi connectivity index (χ4n) is 3.02. The molecule has 2 heterocycles. The summed E-state index contributed by atoms with van der Waals surface area (Å²) in [6, 6.07) is 11.2. The first-order chi connectivity index (χ1) is 12.4. The van der Waals surface area contributed by atoms with Gasteiger partial charge >= 0.3 is 0 Å². The van der Waals surface area contributed by atoms with E-state index in [9.17, 15) is 8.42 Å². The molecule has 0 spiro atoms. The van der Waals surface area contributed by atoms with E-state index in [1.165, 1.54) is 4.31 Å². The Balaban J connectivity index is 1.68. The number of aromatic nitrogens is 2. The summed E-state index contributed by atoms with van der Waals surface area (Å²) in [4.78, 5) is 10.5. The molecule has 0 radical (unpaired) electrons. The zero-order chi connectivity index (χ0) is 18.7. The SMILES string of the molecule is Cc1cccc(CS(=O)(=O)N2CCN(c3nc(C)cc(C#N)n3)CC2)c1. The molecular formula is C18H21N5O2S. The maximum Gasteiger partial charge on any atom is 0.226 e. The first-order valence-electron chi connectivity index (χ1n) is 8.41. The summed E-state index contributed by atoms with van der Waals surface area (Å²) in [7, 11) is -3.37. The maximum absolute atomic E-state index is 12.7. The van der Waals surface area contributed by atoms with Gasteiger partial charge in [0, 0.05) is 31.9 Å². The van der Waals surface area contributed by atoms with Gasteiger partial charge in [0.2, 0.25) is 16.0 Å². The number of nitriles is 1. The third-order valence-electron chi connectivity index (χ3n) is 4.30. The van der Waals surface area contributed by atoms with Gasteiger partial charge in [-0.05, 0) is 25.5 Å². The Morgan fingerprint density at radius 2 is 1.85 bits per heavy atom. The Morgan fingerprint density at radius 3 is 2.50 bits per heavy atom. The first-order valence-corrected chi connectivity index (χ1v) is 10.0. The van der Waals surface area contributed by atoms with Crippen molar-refractivity contribution in [1.82, 2.24) is 14.3 Å². The molecule has 1 fully saturated rings. The number of nitrogens with zero attached hydrogens (tertiary/aromatic N) is 5. The van der Waals surface area contributed by atoms with Crippen LogP contribution in [0.15, 0.2) is 30.3 Å². The van der Waals surface area contributed by atoms with Crippen molar-refractivity contribution in [3.63, 3.8) is 0 Å². The Hall–Kier alpha value is -2.50. The number of anilines is 1. The molecule has 1 aromatic carbocycles. The Morgan fingerprint density at radius 1 is 1.12 bits per heavy atom. The number of sulfonamides is 1. The third-order valence-corrected chi connectivity index (χ3v) is 6.15. The van der Waals surface area contributed by atoms with E-state index in [4.69, 9.17) is 5.26 Å². The van der Waals surface area contributed by atoms with E-state index in [1.54, 1.807) is 6.07 Å². The summed E-state index contributed by atoms with van der Waals surface area (Å²) in [6.07, 6.45) is 0. The van der Waals surface area contributed by atoms with Gasteiger partial charge in [0.1, 0.15) is 11.8 Å². The average Bonchev–Trinajstić information content (AvgIpc) is 2.61. The number of rotatable bonds is 4. The number of hydrogen-bond donors (Lipinski definition) is 0. The molecule has 3 rings (SSSR count). The van der Waals surface area contributed by atoms with Crippen LogP contribution in [-0.2, 0) is 15.8 Å². The quantitative estimate of drug-likeness (QED) is 0.811. The van der Waals surface area contributed by atoms with Crippen LogP contribution in [0.25, 0.3) is 0 Å². The lowest BCUT2D eigenvalue weighted by Crippen LogP contribution is -2.49. The highest BCUT2D eigenvalue weighted by atomic mass is 32.2. The van der Waals surface area contributed by atoms with Crippen molar-refractivity contribution in [2.45, 2.75) is 19.6 Å². The highest BCUT2D eigenvalue weighted by Gasteiger charge is 2.28. The van der Waals surface area contributed by atoms with Crippen molar-refractivity contribution in [3.05, 3.63) is 52.8 Å².